The van der Waals surface area contributed by atoms with Crippen LogP contribution in [0.25, 0.3) is 0 Å². The maximum atomic E-state index is 2.00. The molecule has 0 aliphatic rings. The van der Waals surface area contributed by atoms with E-state index >= 15 is 0 Å². The molecule has 0 spiro atoms. The summed E-state index contributed by atoms with van der Waals surface area (Å²) in [6.07, 6.45) is 0. The molecule has 0 heterocycles. The van der Waals surface area contributed by atoms with Crippen LogP contribution in [0, 0.1) is 0 Å². The molecule has 0 saturated carbocycles. The van der Waals surface area contributed by atoms with Gasteiger partial charge in [0, 0.05) is 0 Å². The third-order valence-corrected chi connectivity index (χ3v) is 0. The van der Waals surface area contributed by atoms with Crippen LogP contribution in [0.5, 0.6) is 0 Å². The summed E-state index contributed by atoms with van der Waals surface area (Å²) in [6, 6.07) is 0. The van der Waals surface area contributed by atoms with E-state index in [9.17, 15) is 0 Å². The fraction of sp³-hybridized carbons (Fsp3) is 1.00. The van der Waals surface area contributed by atoms with Crippen molar-refractivity contribution in [2.75, 3.05) is 21.1 Å². The summed E-state index contributed by atoms with van der Waals surface area (Å²) in [5.74, 6) is 0. The molecule has 0 bridgehead atoms. The number of hydrogen-bond donors (Lipinski definition) is 0. The van der Waals surface area contributed by atoms with Crippen molar-refractivity contribution in [3.8, 4) is 0 Å². The van der Waals surface area contributed by atoms with Gasteiger partial charge in [-0.05, 0) is 21.1 Å². The maximum absolute atomic E-state index is 2.00. The summed E-state index contributed by atoms with van der Waals surface area (Å²) in [4.78, 5) is 2.00. The molecule has 6 heteroatoms. The van der Waals surface area contributed by atoms with Gasteiger partial charge in [-0.25, -0.2) is 0 Å². The Hall–Kier alpha value is 1.83. The number of halogens is 4. The molecule has 0 atom stereocenters. The molecule has 1 nitrogen and oxygen atoms in total. The Morgan fingerprint density at radius 1 is 0.667 bits per heavy atom. The summed E-state index contributed by atoms with van der Waals surface area (Å²) in [6.45, 7) is 0. The van der Waals surface area contributed by atoms with Crippen molar-refractivity contribution in [3.63, 3.8) is 0 Å². The molecule has 9 heavy (non-hydrogen) atoms. The third-order valence-electron chi connectivity index (χ3n) is 0. The van der Waals surface area contributed by atoms with Crippen molar-refractivity contribution in [2.45, 2.75) is 0 Å². The van der Waals surface area contributed by atoms with Gasteiger partial charge in [0.05, 0.1) is 0 Å². The van der Waals surface area contributed by atoms with E-state index in [1.807, 2.05) is 26.0 Å². The SMILES string of the molecule is CN(C)C.[Cl-].[Cl-].[Cl-].[Cl-].[Ti+4]. The van der Waals surface area contributed by atoms with E-state index in [0.717, 1.165) is 0 Å². The van der Waals surface area contributed by atoms with Gasteiger partial charge < -0.3 is 54.5 Å². The summed E-state index contributed by atoms with van der Waals surface area (Å²) >= 11 is 0. The van der Waals surface area contributed by atoms with Crippen molar-refractivity contribution in [1.29, 1.82) is 0 Å². The molecule has 0 saturated heterocycles. The Bertz CT molecular complexity index is 20.5. The normalized spacial score (nSPS) is 4.00. The fourth-order valence-corrected chi connectivity index (χ4v) is 0. The van der Waals surface area contributed by atoms with Crippen LogP contribution in [-0.2, 0) is 21.7 Å². The second-order valence-electron chi connectivity index (χ2n) is 1.34. The predicted molar refractivity (Wildman–Crippen MR) is 19.6 cm³/mol. The van der Waals surface area contributed by atoms with Gasteiger partial charge in [0.15, 0.2) is 0 Å². The summed E-state index contributed by atoms with van der Waals surface area (Å²) in [7, 11) is 6.00. The van der Waals surface area contributed by atoms with Gasteiger partial charge >= 0.3 is 21.7 Å². The zero-order chi connectivity index (χ0) is 3.58. The van der Waals surface area contributed by atoms with Crippen LogP contribution in [0.4, 0.5) is 0 Å². The van der Waals surface area contributed by atoms with Crippen LogP contribution in [0.2, 0.25) is 0 Å². The minimum Gasteiger partial charge on any atom is -1.00 e. The van der Waals surface area contributed by atoms with Crippen LogP contribution in [-0.4, -0.2) is 26.0 Å². The van der Waals surface area contributed by atoms with Crippen molar-refractivity contribution in [2.24, 2.45) is 0 Å². The van der Waals surface area contributed by atoms with Crippen molar-refractivity contribution in [3.05, 3.63) is 0 Å². The molecule has 0 fully saturated rings. The Balaban J connectivity index is -0.00000000450. The zero-order valence-corrected chi connectivity index (χ0v) is 10.0. The first kappa shape index (κ1) is 44.8. The fourth-order valence-electron chi connectivity index (χ4n) is 0. The largest absolute Gasteiger partial charge is 4.00 e. The molecule has 0 aliphatic heterocycles. The molecular formula is C3H9Cl4NTi. The van der Waals surface area contributed by atoms with Gasteiger partial charge in [-0.15, -0.1) is 0 Å². The van der Waals surface area contributed by atoms with E-state index in [1.54, 1.807) is 0 Å². The number of nitrogens with zero attached hydrogens (tertiary/aromatic N) is 1. The Morgan fingerprint density at radius 2 is 0.667 bits per heavy atom. The minimum atomic E-state index is 0. The third kappa shape index (κ3) is 179. The van der Waals surface area contributed by atoms with Gasteiger partial charge in [0.1, 0.15) is 0 Å². The van der Waals surface area contributed by atoms with E-state index in [1.165, 1.54) is 0 Å². The van der Waals surface area contributed by atoms with Gasteiger partial charge in [-0.3, -0.25) is 0 Å². The molecule has 0 aliphatic carbocycles. The monoisotopic (exact) mass is 247 g/mol. The van der Waals surface area contributed by atoms with Gasteiger partial charge in [-0.1, -0.05) is 0 Å². The first-order valence-corrected chi connectivity index (χ1v) is 1.34. The van der Waals surface area contributed by atoms with E-state index in [2.05, 4.69) is 0 Å². The van der Waals surface area contributed by atoms with E-state index in [-0.39, 0.29) is 71.3 Å². The van der Waals surface area contributed by atoms with Crippen molar-refractivity contribution in [1.82, 2.24) is 4.90 Å². The van der Waals surface area contributed by atoms with E-state index in [4.69, 9.17) is 0 Å². The van der Waals surface area contributed by atoms with Crippen LogP contribution < -0.4 is 49.6 Å². The number of rotatable bonds is 0. The summed E-state index contributed by atoms with van der Waals surface area (Å²) < 4.78 is 0. The average Bonchev–Trinajstić information content (AvgIpc) is 0.811. The first-order valence-electron chi connectivity index (χ1n) is 1.34. The molecule has 0 N–H and O–H groups in total. The molecule has 0 rings (SSSR count). The first-order chi connectivity index (χ1) is 1.73. The van der Waals surface area contributed by atoms with Crippen LogP contribution >= 0.6 is 0 Å². The smallest absolute Gasteiger partial charge is 1.00 e. The van der Waals surface area contributed by atoms with Crippen LogP contribution in [0.3, 0.4) is 0 Å². The van der Waals surface area contributed by atoms with Crippen molar-refractivity contribution >= 4 is 0 Å². The topological polar surface area (TPSA) is 3.24 Å². The molecule has 0 amide bonds. The molecule has 0 aromatic rings. The Morgan fingerprint density at radius 3 is 0.667 bits per heavy atom. The van der Waals surface area contributed by atoms with Crippen LogP contribution in [0.1, 0.15) is 0 Å². The average molecular weight is 249 g/mol. The molecule has 0 radical (unpaired) electrons. The zero-order valence-electron chi connectivity index (χ0n) is 5.46. The maximum Gasteiger partial charge on any atom is 4.00 e. The standard InChI is InChI=1S/C3H9N.4ClH.Ti/c1-4(2)3;;;;;/h1-3H3;4*1H;/q;;;;;+4/p-4. The van der Waals surface area contributed by atoms with E-state index in [0.29, 0.717) is 0 Å². The molecule has 0 aromatic heterocycles. The summed E-state index contributed by atoms with van der Waals surface area (Å²) in [5, 5.41) is 0. The quantitative estimate of drug-likeness (QED) is 0.385. The second kappa shape index (κ2) is 32.8. The molecular weight excluding hydrogens is 240 g/mol. The minimum absolute atomic E-state index is 0. The Labute approximate surface area is 96.8 Å². The van der Waals surface area contributed by atoms with E-state index < -0.39 is 0 Å². The predicted octanol–water partition coefficient (Wildman–Crippen LogP) is -11.8. The van der Waals surface area contributed by atoms with Gasteiger partial charge in [0.25, 0.3) is 0 Å². The Kier molecular flexibility index (Phi) is 164. The van der Waals surface area contributed by atoms with Crippen molar-refractivity contribution < 1.29 is 71.3 Å². The molecule has 0 aromatic carbocycles. The van der Waals surface area contributed by atoms with Crippen LogP contribution in [0.15, 0.2) is 0 Å². The molecule has 58 valence electrons. The molecule has 0 unspecified atom stereocenters. The van der Waals surface area contributed by atoms with Gasteiger partial charge in [0.2, 0.25) is 0 Å². The number of hydrogen-bond acceptors (Lipinski definition) is 1. The van der Waals surface area contributed by atoms with Gasteiger partial charge in [-0.2, -0.15) is 0 Å². The summed E-state index contributed by atoms with van der Waals surface area (Å²) in [5.41, 5.74) is 0. The second-order valence-corrected chi connectivity index (χ2v) is 1.34.